The number of alkyl halides is 6. The molecule has 10 heteroatoms. The van der Waals surface area contributed by atoms with E-state index in [1.165, 1.54) is 42.5 Å². The van der Waals surface area contributed by atoms with Gasteiger partial charge in [-0.1, -0.05) is 23.7 Å². The Morgan fingerprint density at radius 3 is 2.17 bits per heavy atom. The number of hydrogen-bond donors (Lipinski definition) is 0. The highest BCUT2D eigenvalue weighted by molar-refractivity contribution is 6.33. The van der Waals surface area contributed by atoms with Crippen LogP contribution < -0.4 is 0 Å². The Hall–Kier alpha value is -3.72. The number of benzene rings is 2. The topological polar surface area (TPSA) is 43.4 Å². The average Bonchev–Trinajstić information content (AvgIpc) is 3.47. The van der Waals surface area contributed by atoms with Crippen molar-refractivity contribution < 1.29 is 40.0 Å². The lowest BCUT2D eigenvalue weighted by Crippen LogP contribution is -2.04. The monoisotopic (exact) mass is 510 g/mol. The Morgan fingerprint density at radius 2 is 1.46 bits per heavy atom. The molecule has 0 aliphatic heterocycles. The zero-order valence-electron chi connectivity index (χ0n) is 17.4. The zero-order valence-corrected chi connectivity index (χ0v) is 18.1. The van der Waals surface area contributed by atoms with E-state index < -0.39 is 29.3 Å². The molecule has 0 spiro atoms. The summed E-state index contributed by atoms with van der Waals surface area (Å²) < 4.78 is 88.6. The number of rotatable bonds is 5. The largest absolute Gasteiger partial charge is 0.457 e. The normalized spacial score (nSPS) is 12.4. The number of allylic oxidation sites excluding steroid dienone is 1. The van der Waals surface area contributed by atoms with E-state index in [1.54, 1.807) is 0 Å². The summed E-state index contributed by atoms with van der Waals surface area (Å²) in [6, 6.07) is 12.8. The van der Waals surface area contributed by atoms with Crippen LogP contribution in [0, 0.1) is 0 Å². The summed E-state index contributed by atoms with van der Waals surface area (Å²) >= 11 is 6.01. The second-order valence-electron chi connectivity index (χ2n) is 7.33. The van der Waals surface area contributed by atoms with E-state index in [1.807, 2.05) is 0 Å². The molecule has 180 valence electrons. The fourth-order valence-electron chi connectivity index (χ4n) is 3.19. The molecule has 3 nitrogen and oxygen atoms in total. The van der Waals surface area contributed by atoms with Crippen molar-refractivity contribution in [3.8, 4) is 22.6 Å². The minimum Gasteiger partial charge on any atom is -0.457 e. The number of furan rings is 2. The van der Waals surface area contributed by atoms with Gasteiger partial charge in [0.15, 0.2) is 5.76 Å². The molecular weight excluding hydrogens is 498 g/mol. The van der Waals surface area contributed by atoms with Crippen LogP contribution in [0.15, 0.2) is 81.6 Å². The molecule has 4 aromatic rings. The number of ketones is 1. The summed E-state index contributed by atoms with van der Waals surface area (Å²) in [4.78, 5) is 12.4. The van der Waals surface area contributed by atoms with E-state index in [0.717, 1.165) is 36.4 Å². The van der Waals surface area contributed by atoms with E-state index in [0.29, 0.717) is 0 Å². The summed E-state index contributed by atoms with van der Waals surface area (Å²) in [5, 5.41) is 0.0525. The maximum Gasteiger partial charge on any atom is 0.416 e. The van der Waals surface area contributed by atoms with Gasteiger partial charge in [0.05, 0.1) is 16.1 Å². The Morgan fingerprint density at radius 1 is 0.771 bits per heavy atom. The second-order valence-corrected chi connectivity index (χ2v) is 7.74. The van der Waals surface area contributed by atoms with Gasteiger partial charge in [0.25, 0.3) is 0 Å². The number of carbonyl (C=O) groups excluding carboxylic acids is 1. The van der Waals surface area contributed by atoms with Crippen LogP contribution in [0.5, 0.6) is 0 Å². The van der Waals surface area contributed by atoms with Crippen molar-refractivity contribution in [2.75, 3.05) is 0 Å². The van der Waals surface area contributed by atoms with Gasteiger partial charge in [0.2, 0.25) is 5.78 Å². The first kappa shape index (κ1) is 24.4. The molecule has 0 aliphatic rings. The van der Waals surface area contributed by atoms with Crippen LogP contribution in [0.3, 0.4) is 0 Å². The molecule has 0 saturated heterocycles. The van der Waals surface area contributed by atoms with Crippen LogP contribution in [-0.2, 0) is 12.4 Å². The molecule has 0 bridgehead atoms. The quantitative estimate of drug-likeness (QED) is 0.153. The maximum absolute atomic E-state index is 13.0. The lowest BCUT2D eigenvalue weighted by molar-refractivity contribution is -0.138. The Balaban J connectivity index is 1.51. The van der Waals surface area contributed by atoms with Crippen molar-refractivity contribution in [3.63, 3.8) is 0 Å². The summed E-state index contributed by atoms with van der Waals surface area (Å²) in [5.41, 5.74) is -1.57. The van der Waals surface area contributed by atoms with E-state index in [4.69, 9.17) is 20.4 Å². The summed E-state index contributed by atoms with van der Waals surface area (Å²) in [6.45, 7) is 0. The Bertz CT molecular complexity index is 1410. The number of hydrogen-bond acceptors (Lipinski definition) is 3. The second kappa shape index (κ2) is 9.14. The average molecular weight is 511 g/mol. The molecule has 0 atom stereocenters. The van der Waals surface area contributed by atoms with Crippen molar-refractivity contribution in [1.29, 1.82) is 0 Å². The van der Waals surface area contributed by atoms with Crippen molar-refractivity contribution in [3.05, 3.63) is 100 Å². The van der Waals surface area contributed by atoms with Gasteiger partial charge in [-0.2, -0.15) is 26.3 Å². The van der Waals surface area contributed by atoms with Crippen LogP contribution in [-0.4, -0.2) is 5.78 Å². The lowest BCUT2D eigenvalue weighted by atomic mass is 10.1. The molecule has 0 aliphatic carbocycles. The van der Waals surface area contributed by atoms with Gasteiger partial charge in [-0.15, -0.1) is 0 Å². The first-order chi connectivity index (χ1) is 16.4. The molecule has 4 rings (SSSR count). The molecular formula is C25H13ClF6O3. The van der Waals surface area contributed by atoms with Crippen molar-refractivity contribution in [2.45, 2.75) is 12.4 Å². The molecule has 2 aromatic carbocycles. The van der Waals surface area contributed by atoms with Crippen molar-refractivity contribution >= 4 is 23.5 Å². The minimum absolute atomic E-state index is 0.0317. The fraction of sp³-hybridized carbons (Fsp3) is 0.0800. The summed E-state index contributed by atoms with van der Waals surface area (Å²) in [7, 11) is 0. The highest BCUT2D eigenvalue weighted by Gasteiger charge is 2.32. The number of carbonyl (C=O) groups is 1. The third-order valence-corrected chi connectivity index (χ3v) is 5.24. The molecule has 0 amide bonds. The minimum atomic E-state index is -4.56. The van der Waals surface area contributed by atoms with E-state index in [9.17, 15) is 31.1 Å². The molecule has 0 N–H and O–H groups in total. The molecule has 35 heavy (non-hydrogen) atoms. The smallest absolute Gasteiger partial charge is 0.416 e. The van der Waals surface area contributed by atoms with E-state index >= 15 is 0 Å². The van der Waals surface area contributed by atoms with Gasteiger partial charge in [0, 0.05) is 11.1 Å². The van der Waals surface area contributed by atoms with Gasteiger partial charge >= 0.3 is 12.4 Å². The lowest BCUT2D eigenvalue weighted by Gasteiger charge is -2.09. The van der Waals surface area contributed by atoms with Crippen LogP contribution >= 0.6 is 11.6 Å². The summed E-state index contributed by atoms with van der Waals surface area (Å²) in [5.74, 6) is -0.420. The van der Waals surface area contributed by atoms with Crippen LogP contribution in [0.4, 0.5) is 26.3 Å². The third kappa shape index (κ3) is 5.51. The van der Waals surface area contributed by atoms with Crippen LogP contribution in [0.1, 0.15) is 27.4 Å². The van der Waals surface area contributed by atoms with Gasteiger partial charge in [-0.25, -0.2) is 0 Å². The highest BCUT2D eigenvalue weighted by Crippen LogP contribution is 2.37. The first-order valence-corrected chi connectivity index (χ1v) is 10.3. The van der Waals surface area contributed by atoms with Gasteiger partial charge < -0.3 is 8.83 Å². The van der Waals surface area contributed by atoms with Gasteiger partial charge in [-0.3, -0.25) is 4.79 Å². The number of halogens is 7. The standard InChI is InChI=1S/C25H13ClF6O3/c26-19-7-4-16(25(30,31)32)13-18(19)22-9-6-17(34-22)5-8-20(33)23-11-10-21(35-23)14-2-1-3-15(12-14)24(27,28)29/h1-13H/b8-5+. The SMILES string of the molecule is O=C(/C=C/c1ccc(-c2cc(C(F)(F)F)ccc2Cl)o1)c1ccc(-c2cccc(C(F)(F)F)c2)o1. The summed E-state index contributed by atoms with van der Waals surface area (Å²) in [6.07, 6.45) is -6.70. The molecule has 0 unspecified atom stereocenters. The van der Waals surface area contributed by atoms with E-state index in [2.05, 4.69) is 0 Å². The predicted octanol–water partition coefficient (Wildman–Crippen LogP) is 8.79. The van der Waals surface area contributed by atoms with Gasteiger partial charge in [0.1, 0.15) is 17.3 Å². The molecule has 0 radical (unpaired) electrons. The van der Waals surface area contributed by atoms with Crippen LogP contribution in [0.2, 0.25) is 5.02 Å². The Labute approximate surface area is 199 Å². The molecule has 2 aromatic heterocycles. The maximum atomic E-state index is 13.0. The van der Waals surface area contributed by atoms with E-state index in [-0.39, 0.29) is 39.2 Å². The third-order valence-electron chi connectivity index (χ3n) is 4.91. The highest BCUT2D eigenvalue weighted by atomic mass is 35.5. The predicted molar refractivity (Wildman–Crippen MR) is 117 cm³/mol. The molecule has 0 fully saturated rings. The van der Waals surface area contributed by atoms with Gasteiger partial charge in [-0.05, 0) is 66.7 Å². The Kier molecular flexibility index (Phi) is 6.38. The van der Waals surface area contributed by atoms with Crippen LogP contribution in [0.25, 0.3) is 28.7 Å². The zero-order chi connectivity index (χ0) is 25.4. The van der Waals surface area contributed by atoms with Crippen molar-refractivity contribution in [1.82, 2.24) is 0 Å². The molecule has 0 saturated carbocycles. The molecule has 2 heterocycles. The first-order valence-electron chi connectivity index (χ1n) is 9.88. The fourth-order valence-corrected chi connectivity index (χ4v) is 3.40. The van der Waals surface area contributed by atoms with Crippen molar-refractivity contribution in [2.24, 2.45) is 0 Å².